The number of ether oxygens (including phenoxy) is 3. The Morgan fingerprint density at radius 1 is 0.957 bits per heavy atom. The molecule has 3 aromatic carbocycles. The molecule has 0 saturated carbocycles. The molecular weight excluding hydrogens is 590 g/mol. The maximum Gasteiger partial charge on any atom is 0.275 e. The first-order valence-corrected chi connectivity index (χ1v) is 15.1. The summed E-state index contributed by atoms with van der Waals surface area (Å²) < 4.78 is 18.6. The van der Waals surface area contributed by atoms with Gasteiger partial charge < -0.3 is 29.7 Å². The quantitative estimate of drug-likeness (QED) is 0.353. The first-order valence-electron chi connectivity index (χ1n) is 15.1. The number of nitrogens with one attached hydrogen (secondary N) is 2. The Bertz CT molecular complexity index is 1840. The minimum atomic E-state index is -0.538. The van der Waals surface area contributed by atoms with E-state index in [1.807, 2.05) is 30.3 Å². The lowest BCUT2D eigenvalue weighted by molar-refractivity contribution is -0.131. The summed E-state index contributed by atoms with van der Waals surface area (Å²) in [7, 11) is 1.52. The van der Waals surface area contributed by atoms with Gasteiger partial charge in [0.2, 0.25) is 11.8 Å². The summed E-state index contributed by atoms with van der Waals surface area (Å²) in [6, 6.07) is 19.3. The van der Waals surface area contributed by atoms with Gasteiger partial charge in [-0.15, -0.1) is 0 Å². The van der Waals surface area contributed by atoms with E-state index in [-0.39, 0.29) is 55.9 Å². The van der Waals surface area contributed by atoms with Crippen LogP contribution in [0, 0.1) is 6.92 Å². The Balaban J connectivity index is 1.22. The van der Waals surface area contributed by atoms with Gasteiger partial charge in [0.05, 0.1) is 30.8 Å². The highest BCUT2D eigenvalue weighted by atomic mass is 16.5. The van der Waals surface area contributed by atoms with Crippen molar-refractivity contribution in [3.8, 4) is 17.2 Å². The molecule has 1 aromatic heterocycles. The number of hydrogen-bond acceptors (Lipinski definition) is 8. The Labute approximate surface area is 265 Å². The summed E-state index contributed by atoms with van der Waals surface area (Å²) in [4.78, 5) is 53.8. The topological polar surface area (TPSA) is 141 Å². The fraction of sp³-hybridized carbons (Fsp3) is 0.324. The molecule has 4 bridgehead atoms. The van der Waals surface area contributed by atoms with Gasteiger partial charge >= 0.3 is 0 Å². The number of amides is 3. The number of fused-ring (bicyclic) bond motifs is 1. The summed E-state index contributed by atoms with van der Waals surface area (Å²) in [5, 5.41) is 11.5. The minimum Gasteiger partial charge on any atom is -0.493 e. The van der Waals surface area contributed by atoms with Gasteiger partial charge in [-0.1, -0.05) is 36.4 Å². The highest BCUT2D eigenvalue weighted by molar-refractivity contribution is 5.84. The molecule has 1 fully saturated rings. The number of hydrogen-bond donors (Lipinski definition) is 2. The molecule has 2 atom stereocenters. The second-order valence-corrected chi connectivity index (χ2v) is 11.4. The van der Waals surface area contributed by atoms with Crippen molar-refractivity contribution in [2.24, 2.45) is 0 Å². The van der Waals surface area contributed by atoms with Crippen LogP contribution in [0.1, 0.15) is 23.2 Å². The predicted molar refractivity (Wildman–Crippen MR) is 169 cm³/mol. The average molecular weight is 626 g/mol. The maximum absolute atomic E-state index is 13.5. The molecule has 46 heavy (non-hydrogen) atoms. The SMILES string of the molecule is COc1cc2ccc1OCC(=O)NCc1ccc(cc1)O[C@H]1CN(C(=O)Cn3nc(C)c4ccccc4c3=O)C[C@@H]1NC(=O)CC2. The lowest BCUT2D eigenvalue weighted by Gasteiger charge is -2.21. The third-order valence-corrected chi connectivity index (χ3v) is 8.23. The number of carbonyl (C=O) groups excluding carboxylic acids is 3. The smallest absolute Gasteiger partial charge is 0.275 e. The van der Waals surface area contributed by atoms with Crippen LogP contribution >= 0.6 is 0 Å². The molecule has 5 aliphatic heterocycles. The number of rotatable bonds is 3. The summed E-state index contributed by atoms with van der Waals surface area (Å²) in [6.45, 7) is 2.11. The maximum atomic E-state index is 13.5. The van der Waals surface area contributed by atoms with Crippen LogP contribution in [-0.2, 0) is 33.9 Å². The molecule has 2 N–H and O–H groups in total. The molecule has 0 radical (unpaired) electrons. The molecule has 4 aromatic rings. The number of likely N-dealkylation sites (tertiary alicyclic amines) is 1. The Kier molecular flexibility index (Phi) is 8.86. The molecule has 238 valence electrons. The van der Waals surface area contributed by atoms with Crippen molar-refractivity contribution in [2.45, 2.75) is 45.0 Å². The van der Waals surface area contributed by atoms with Gasteiger partial charge in [0.25, 0.3) is 11.5 Å². The van der Waals surface area contributed by atoms with Crippen molar-refractivity contribution < 1.29 is 28.6 Å². The lowest BCUT2D eigenvalue weighted by Crippen LogP contribution is -2.45. The monoisotopic (exact) mass is 625 g/mol. The van der Waals surface area contributed by atoms with Crippen molar-refractivity contribution in [2.75, 3.05) is 26.8 Å². The normalized spacial score (nSPS) is 18.7. The van der Waals surface area contributed by atoms with E-state index in [0.717, 1.165) is 16.5 Å². The van der Waals surface area contributed by atoms with E-state index >= 15 is 0 Å². The number of methoxy groups -OCH3 is 1. The van der Waals surface area contributed by atoms with E-state index in [1.54, 1.807) is 48.2 Å². The molecule has 5 aliphatic rings. The summed E-state index contributed by atoms with van der Waals surface area (Å²) in [6.07, 6.45) is 0.0812. The van der Waals surface area contributed by atoms with Crippen molar-refractivity contribution in [3.63, 3.8) is 0 Å². The number of aryl methyl sites for hydroxylation is 2. The van der Waals surface area contributed by atoms with Gasteiger partial charge in [-0.3, -0.25) is 19.2 Å². The fourth-order valence-corrected chi connectivity index (χ4v) is 5.75. The number of benzene rings is 3. The van der Waals surface area contributed by atoms with Crippen LogP contribution in [0.15, 0.2) is 71.5 Å². The first kappa shape index (κ1) is 30.6. The van der Waals surface area contributed by atoms with Crippen molar-refractivity contribution in [1.82, 2.24) is 25.3 Å². The molecule has 12 heteroatoms. The second kappa shape index (κ2) is 13.3. The average Bonchev–Trinajstić information content (AvgIpc) is 3.46. The third kappa shape index (κ3) is 6.80. The van der Waals surface area contributed by atoms with E-state index in [2.05, 4.69) is 15.7 Å². The van der Waals surface area contributed by atoms with E-state index in [1.165, 1.54) is 11.8 Å². The zero-order chi connectivity index (χ0) is 32.2. The Hall–Kier alpha value is -5.39. The molecule has 0 unspecified atom stereocenters. The van der Waals surface area contributed by atoms with E-state index in [4.69, 9.17) is 14.2 Å². The van der Waals surface area contributed by atoms with Crippen LogP contribution in [-0.4, -0.2) is 71.4 Å². The van der Waals surface area contributed by atoms with Gasteiger partial charge in [0.1, 0.15) is 18.4 Å². The third-order valence-electron chi connectivity index (χ3n) is 8.23. The zero-order valence-corrected chi connectivity index (χ0v) is 25.7. The zero-order valence-electron chi connectivity index (χ0n) is 25.7. The van der Waals surface area contributed by atoms with Crippen LogP contribution in [0.25, 0.3) is 10.8 Å². The van der Waals surface area contributed by atoms with E-state index in [9.17, 15) is 19.2 Å². The number of nitrogens with zero attached hydrogens (tertiary/aromatic N) is 3. The van der Waals surface area contributed by atoms with Crippen molar-refractivity contribution in [3.05, 3.63) is 93.9 Å². The number of aromatic nitrogens is 2. The van der Waals surface area contributed by atoms with Gasteiger partial charge in [0.15, 0.2) is 18.1 Å². The van der Waals surface area contributed by atoms with Gasteiger partial charge in [-0.25, -0.2) is 4.68 Å². The molecule has 12 nitrogen and oxygen atoms in total. The van der Waals surface area contributed by atoms with Crippen molar-refractivity contribution >= 4 is 28.5 Å². The van der Waals surface area contributed by atoms with Crippen LogP contribution < -0.4 is 30.4 Å². The molecular formula is C34H35N5O7. The molecule has 1 saturated heterocycles. The first-order chi connectivity index (χ1) is 22.3. The predicted octanol–water partition coefficient (Wildman–Crippen LogP) is 2.13. The summed E-state index contributed by atoms with van der Waals surface area (Å²) in [5.41, 5.74) is 2.03. The van der Waals surface area contributed by atoms with Crippen LogP contribution in [0.3, 0.4) is 0 Å². The molecule has 9 rings (SSSR count). The minimum absolute atomic E-state index is 0.178. The van der Waals surface area contributed by atoms with Gasteiger partial charge in [-0.05, 0) is 54.8 Å². The van der Waals surface area contributed by atoms with Crippen LogP contribution in [0.2, 0.25) is 0 Å². The largest absolute Gasteiger partial charge is 0.493 e. The van der Waals surface area contributed by atoms with Gasteiger partial charge in [-0.2, -0.15) is 5.10 Å². The molecule has 6 heterocycles. The Morgan fingerprint density at radius 3 is 2.50 bits per heavy atom. The highest BCUT2D eigenvalue weighted by Crippen LogP contribution is 2.29. The van der Waals surface area contributed by atoms with E-state index < -0.39 is 12.1 Å². The number of carbonyl (C=O) groups is 3. The molecule has 0 aliphatic carbocycles. The lowest BCUT2D eigenvalue weighted by atomic mass is 10.1. The van der Waals surface area contributed by atoms with E-state index in [0.29, 0.717) is 41.3 Å². The Morgan fingerprint density at radius 2 is 1.72 bits per heavy atom. The molecule has 3 amide bonds. The highest BCUT2D eigenvalue weighted by Gasteiger charge is 2.38. The second-order valence-electron chi connectivity index (χ2n) is 11.4. The van der Waals surface area contributed by atoms with Crippen molar-refractivity contribution in [1.29, 1.82) is 0 Å². The van der Waals surface area contributed by atoms with Crippen LogP contribution in [0.4, 0.5) is 0 Å². The molecule has 0 spiro atoms. The summed E-state index contributed by atoms with van der Waals surface area (Å²) >= 11 is 0. The standard InChI is InChI=1S/C34H35N5O7/c1-21-25-5-3-4-6-26(25)34(43)39(37-21)19-33(42)38-17-27-30(18-38)46-24-11-7-23(8-12-24)16-35-32(41)20-45-28-13-9-22(15-29(28)44-2)10-14-31(40)36-27/h3-9,11-13,15,27,30H,10,14,16-20H2,1-2H3,(H,35,41)(H,36,40)/t27-,30-/m0/s1. The van der Waals surface area contributed by atoms with Crippen LogP contribution in [0.5, 0.6) is 17.2 Å². The fourth-order valence-electron chi connectivity index (χ4n) is 5.75. The summed E-state index contributed by atoms with van der Waals surface area (Å²) in [5.74, 6) is 0.659. The van der Waals surface area contributed by atoms with Gasteiger partial charge in [0, 0.05) is 24.9 Å².